The third kappa shape index (κ3) is 3.53. The maximum Gasteiger partial charge on any atom is 0.0416 e. The van der Waals surface area contributed by atoms with Gasteiger partial charge >= 0.3 is 0 Å². The van der Waals surface area contributed by atoms with Crippen LogP contribution in [0.4, 0.5) is 0 Å². The molecule has 100 valence electrons. The zero-order valence-corrected chi connectivity index (χ0v) is 11.6. The predicted molar refractivity (Wildman–Crippen MR) is 75.7 cm³/mol. The van der Waals surface area contributed by atoms with Gasteiger partial charge in [-0.1, -0.05) is 19.9 Å². The molecule has 1 aromatic rings. The van der Waals surface area contributed by atoms with Crippen molar-refractivity contribution in [2.45, 2.75) is 45.2 Å². The summed E-state index contributed by atoms with van der Waals surface area (Å²) in [6.45, 7) is 8.00. The number of rotatable bonds is 5. The van der Waals surface area contributed by atoms with E-state index in [0.717, 1.165) is 19.5 Å². The quantitative estimate of drug-likeness (QED) is 0.863. The lowest BCUT2D eigenvalue weighted by Gasteiger charge is -2.40. The third-order valence-electron chi connectivity index (χ3n) is 3.96. The standard InChI is InChI=1S/C15H25N3/c1-3-13-12-18(15(4-2)11-17-13)10-8-14-7-5-6-9-16-14/h5-7,9,13,15,17H,3-4,8,10-12H2,1-2H3. The van der Waals surface area contributed by atoms with Crippen LogP contribution in [0, 0.1) is 0 Å². The Labute approximate surface area is 111 Å². The van der Waals surface area contributed by atoms with Gasteiger partial charge in [0.05, 0.1) is 0 Å². The van der Waals surface area contributed by atoms with Gasteiger partial charge in [-0.3, -0.25) is 9.88 Å². The van der Waals surface area contributed by atoms with E-state index in [0.29, 0.717) is 12.1 Å². The number of piperazine rings is 1. The molecule has 18 heavy (non-hydrogen) atoms. The smallest absolute Gasteiger partial charge is 0.0416 e. The molecule has 0 bridgehead atoms. The van der Waals surface area contributed by atoms with E-state index in [1.54, 1.807) is 0 Å². The van der Waals surface area contributed by atoms with E-state index in [9.17, 15) is 0 Å². The van der Waals surface area contributed by atoms with Crippen LogP contribution in [0.2, 0.25) is 0 Å². The molecule has 0 saturated carbocycles. The van der Waals surface area contributed by atoms with Crippen LogP contribution >= 0.6 is 0 Å². The Hall–Kier alpha value is -0.930. The second-order valence-corrected chi connectivity index (χ2v) is 5.14. The molecule has 1 aliphatic rings. The van der Waals surface area contributed by atoms with Gasteiger partial charge in [-0.15, -0.1) is 0 Å². The summed E-state index contributed by atoms with van der Waals surface area (Å²) in [6, 6.07) is 7.54. The zero-order chi connectivity index (χ0) is 12.8. The molecular weight excluding hydrogens is 222 g/mol. The van der Waals surface area contributed by atoms with Gasteiger partial charge in [0.25, 0.3) is 0 Å². The fourth-order valence-corrected chi connectivity index (χ4v) is 2.68. The molecule has 1 aromatic heterocycles. The highest BCUT2D eigenvalue weighted by molar-refractivity contribution is 5.04. The van der Waals surface area contributed by atoms with E-state index >= 15 is 0 Å². The lowest BCUT2D eigenvalue weighted by atomic mass is 10.0. The van der Waals surface area contributed by atoms with Gasteiger partial charge in [0.15, 0.2) is 0 Å². The van der Waals surface area contributed by atoms with Crippen LogP contribution in [-0.2, 0) is 6.42 Å². The Bertz CT molecular complexity index is 339. The second-order valence-electron chi connectivity index (χ2n) is 5.14. The molecule has 1 saturated heterocycles. The van der Waals surface area contributed by atoms with Gasteiger partial charge in [-0.2, -0.15) is 0 Å². The van der Waals surface area contributed by atoms with Crippen LogP contribution in [0.3, 0.4) is 0 Å². The first-order chi connectivity index (χ1) is 8.83. The molecule has 0 aromatic carbocycles. The van der Waals surface area contributed by atoms with Crippen molar-refractivity contribution in [3.8, 4) is 0 Å². The Morgan fingerprint density at radius 3 is 2.89 bits per heavy atom. The topological polar surface area (TPSA) is 28.2 Å². The minimum Gasteiger partial charge on any atom is -0.311 e. The van der Waals surface area contributed by atoms with E-state index in [1.807, 2.05) is 12.3 Å². The molecule has 1 fully saturated rings. The van der Waals surface area contributed by atoms with Crippen molar-refractivity contribution in [3.05, 3.63) is 30.1 Å². The molecule has 0 radical (unpaired) electrons. The van der Waals surface area contributed by atoms with E-state index in [-0.39, 0.29) is 0 Å². The lowest BCUT2D eigenvalue weighted by molar-refractivity contribution is 0.126. The summed E-state index contributed by atoms with van der Waals surface area (Å²) in [5.41, 5.74) is 1.21. The van der Waals surface area contributed by atoms with Crippen molar-refractivity contribution in [1.82, 2.24) is 15.2 Å². The number of nitrogens with one attached hydrogen (secondary N) is 1. The normalized spacial score (nSPS) is 25.2. The third-order valence-corrected chi connectivity index (χ3v) is 3.96. The fourth-order valence-electron chi connectivity index (χ4n) is 2.68. The minimum atomic E-state index is 0.663. The highest BCUT2D eigenvalue weighted by atomic mass is 15.2. The molecule has 2 rings (SSSR count). The van der Waals surface area contributed by atoms with E-state index in [4.69, 9.17) is 0 Å². The average Bonchev–Trinajstić information content (AvgIpc) is 2.45. The first-order valence-electron chi connectivity index (χ1n) is 7.20. The van der Waals surface area contributed by atoms with E-state index in [1.165, 1.54) is 25.1 Å². The van der Waals surface area contributed by atoms with Crippen LogP contribution in [0.25, 0.3) is 0 Å². The zero-order valence-electron chi connectivity index (χ0n) is 11.6. The van der Waals surface area contributed by atoms with Crippen LogP contribution in [0.1, 0.15) is 32.4 Å². The molecule has 1 aliphatic heterocycles. The SMILES string of the molecule is CCC1CN(CCc2ccccn2)C(CC)CN1. The predicted octanol–water partition coefficient (Wildman–Crippen LogP) is 2.09. The summed E-state index contributed by atoms with van der Waals surface area (Å²) in [6.07, 6.45) is 5.40. The van der Waals surface area contributed by atoms with Gasteiger partial charge in [-0.25, -0.2) is 0 Å². The Balaban J connectivity index is 1.88. The van der Waals surface area contributed by atoms with Crippen molar-refractivity contribution in [3.63, 3.8) is 0 Å². The first-order valence-corrected chi connectivity index (χ1v) is 7.20. The van der Waals surface area contributed by atoms with E-state index < -0.39 is 0 Å². The van der Waals surface area contributed by atoms with Gasteiger partial charge in [-0.05, 0) is 25.0 Å². The number of pyridine rings is 1. The van der Waals surface area contributed by atoms with Crippen LogP contribution < -0.4 is 5.32 Å². The van der Waals surface area contributed by atoms with Crippen LogP contribution in [-0.4, -0.2) is 41.6 Å². The summed E-state index contributed by atoms with van der Waals surface area (Å²) in [5, 5.41) is 3.64. The molecule has 2 unspecified atom stereocenters. The van der Waals surface area contributed by atoms with Crippen molar-refractivity contribution in [2.75, 3.05) is 19.6 Å². The highest BCUT2D eigenvalue weighted by Crippen LogP contribution is 2.12. The number of aromatic nitrogens is 1. The fraction of sp³-hybridized carbons (Fsp3) is 0.667. The maximum atomic E-state index is 4.41. The minimum absolute atomic E-state index is 0.663. The van der Waals surface area contributed by atoms with Crippen molar-refractivity contribution in [1.29, 1.82) is 0 Å². The summed E-state index contributed by atoms with van der Waals surface area (Å²) in [7, 11) is 0. The number of nitrogens with zero attached hydrogens (tertiary/aromatic N) is 2. The summed E-state index contributed by atoms with van der Waals surface area (Å²) in [5.74, 6) is 0. The molecule has 2 heterocycles. The van der Waals surface area contributed by atoms with Gasteiger partial charge in [0, 0.05) is 50.0 Å². The summed E-state index contributed by atoms with van der Waals surface area (Å²) in [4.78, 5) is 7.05. The van der Waals surface area contributed by atoms with Crippen molar-refractivity contribution >= 4 is 0 Å². The maximum absolute atomic E-state index is 4.41. The van der Waals surface area contributed by atoms with Gasteiger partial charge < -0.3 is 5.32 Å². The lowest BCUT2D eigenvalue weighted by Crippen LogP contribution is -2.56. The van der Waals surface area contributed by atoms with Crippen molar-refractivity contribution in [2.24, 2.45) is 0 Å². The Morgan fingerprint density at radius 2 is 2.22 bits per heavy atom. The molecule has 0 aliphatic carbocycles. The van der Waals surface area contributed by atoms with Crippen molar-refractivity contribution < 1.29 is 0 Å². The molecule has 0 amide bonds. The number of hydrogen-bond acceptors (Lipinski definition) is 3. The van der Waals surface area contributed by atoms with Crippen LogP contribution in [0.15, 0.2) is 24.4 Å². The molecule has 2 atom stereocenters. The Morgan fingerprint density at radius 1 is 1.33 bits per heavy atom. The van der Waals surface area contributed by atoms with Gasteiger partial charge in [0.2, 0.25) is 0 Å². The van der Waals surface area contributed by atoms with Crippen LogP contribution in [0.5, 0.6) is 0 Å². The monoisotopic (exact) mass is 247 g/mol. The van der Waals surface area contributed by atoms with Gasteiger partial charge in [0.1, 0.15) is 0 Å². The Kier molecular flexibility index (Phi) is 5.14. The highest BCUT2D eigenvalue weighted by Gasteiger charge is 2.25. The molecule has 3 nitrogen and oxygen atoms in total. The van der Waals surface area contributed by atoms with E-state index in [2.05, 4.69) is 41.2 Å². The number of hydrogen-bond donors (Lipinski definition) is 1. The summed E-state index contributed by atoms with van der Waals surface area (Å²) < 4.78 is 0. The first kappa shape index (κ1) is 13.5. The molecule has 3 heteroatoms. The molecular formula is C15H25N3. The summed E-state index contributed by atoms with van der Waals surface area (Å²) >= 11 is 0. The second kappa shape index (κ2) is 6.86. The molecule has 1 N–H and O–H groups in total. The largest absolute Gasteiger partial charge is 0.311 e. The average molecular weight is 247 g/mol. The molecule has 0 spiro atoms.